The van der Waals surface area contributed by atoms with Gasteiger partial charge in [0.15, 0.2) is 0 Å². The predicted octanol–water partition coefficient (Wildman–Crippen LogP) is 3.53. The quantitative estimate of drug-likeness (QED) is 0.877. The molecule has 0 aliphatic carbocycles. The van der Waals surface area contributed by atoms with Crippen molar-refractivity contribution in [2.24, 2.45) is 11.7 Å². The lowest BCUT2D eigenvalue weighted by Crippen LogP contribution is -2.40. The van der Waals surface area contributed by atoms with E-state index in [4.69, 9.17) is 10.5 Å². The molecule has 4 atom stereocenters. The zero-order valence-corrected chi connectivity index (χ0v) is 16.2. The van der Waals surface area contributed by atoms with Gasteiger partial charge in [-0.15, -0.1) is 12.4 Å². The van der Waals surface area contributed by atoms with Crippen LogP contribution in [-0.4, -0.2) is 36.5 Å². The summed E-state index contributed by atoms with van der Waals surface area (Å²) in [5.41, 5.74) is 8.70. The van der Waals surface area contributed by atoms with Gasteiger partial charge >= 0.3 is 0 Å². The maximum Gasteiger partial charge on any atom is 0.228 e. The summed E-state index contributed by atoms with van der Waals surface area (Å²) in [7, 11) is 0. The van der Waals surface area contributed by atoms with E-state index >= 15 is 0 Å². The van der Waals surface area contributed by atoms with Crippen LogP contribution in [0.15, 0.2) is 60.7 Å². The third-order valence-electron chi connectivity index (χ3n) is 5.67. The van der Waals surface area contributed by atoms with Gasteiger partial charge in [-0.25, -0.2) is 0 Å². The molecule has 0 radical (unpaired) electrons. The molecule has 0 spiro atoms. The molecular formula is C22H27ClN2O2. The molecule has 144 valence electrons. The minimum absolute atomic E-state index is 0. The van der Waals surface area contributed by atoms with Gasteiger partial charge in [0, 0.05) is 31.7 Å². The van der Waals surface area contributed by atoms with Crippen molar-refractivity contribution in [2.45, 2.75) is 30.9 Å². The van der Waals surface area contributed by atoms with Gasteiger partial charge < -0.3 is 15.4 Å². The van der Waals surface area contributed by atoms with Gasteiger partial charge in [0.05, 0.1) is 12.0 Å². The molecule has 2 unspecified atom stereocenters. The number of amides is 1. The van der Waals surface area contributed by atoms with Crippen molar-refractivity contribution in [1.82, 2.24) is 4.90 Å². The second-order valence-corrected chi connectivity index (χ2v) is 7.38. The SMILES string of the molecule is Cl.N[C@@H]1CN(C(=O)C2CCCOC2c2ccccc2)C[C@H]1c1ccccc1. The molecule has 2 aliphatic rings. The van der Waals surface area contributed by atoms with E-state index in [2.05, 4.69) is 24.3 Å². The molecule has 0 bridgehead atoms. The Morgan fingerprint density at radius 1 is 0.963 bits per heavy atom. The summed E-state index contributed by atoms with van der Waals surface area (Å²) >= 11 is 0. The summed E-state index contributed by atoms with van der Waals surface area (Å²) in [6.45, 7) is 2.04. The second-order valence-electron chi connectivity index (χ2n) is 7.38. The third-order valence-corrected chi connectivity index (χ3v) is 5.67. The number of nitrogens with two attached hydrogens (primary N) is 1. The molecular weight excluding hydrogens is 360 g/mol. The molecule has 2 aliphatic heterocycles. The fraction of sp³-hybridized carbons (Fsp3) is 0.409. The number of carbonyl (C=O) groups excluding carboxylic acids is 1. The van der Waals surface area contributed by atoms with E-state index in [1.807, 2.05) is 41.3 Å². The Bertz CT molecular complexity index is 740. The van der Waals surface area contributed by atoms with Crippen molar-refractivity contribution in [3.05, 3.63) is 71.8 Å². The van der Waals surface area contributed by atoms with Crippen molar-refractivity contribution < 1.29 is 9.53 Å². The van der Waals surface area contributed by atoms with Gasteiger partial charge in [0.1, 0.15) is 0 Å². The zero-order chi connectivity index (χ0) is 17.9. The Balaban J connectivity index is 0.00000210. The molecule has 4 rings (SSSR count). The van der Waals surface area contributed by atoms with E-state index in [0.29, 0.717) is 13.1 Å². The van der Waals surface area contributed by atoms with E-state index in [0.717, 1.165) is 25.0 Å². The van der Waals surface area contributed by atoms with Crippen molar-refractivity contribution >= 4 is 18.3 Å². The second kappa shape index (κ2) is 8.87. The molecule has 2 fully saturated rings. The summed E-state index contributed by atoms with van der Waals surface area (Å²) in [4.78, 5) is 15.3. The molecule has 0 saturated carbocycles. The van der Waals surface area contributed by atoms with E-state index in [-0.39, 0.29) is 42.3 Å². The third kappa shape index (κ3) is 4.18. The first-order chi connectivity index (χ1) is 12.7. The van der Waals surface area contributed by atoms with Crippen molar-refractivity contribution in [3.8, 4) is 0 Å². The molecule has 2 aromatic carbocycles. The van der Waals surface area contributed by atoms with Crippen LogP contribution in [0.3, 0.4) is 0 Å². The molecule has 2 saturated heterocycles. The summed E-state index contributed by atoms with van der Waals surface area (Å²) in [5, 5.41) is 0. The highest BCUT2D eigenvalue weighted by Crippen LogP contribution is 2.36. The number of halogens is 1. The first kappa shape index (κ1) is 19.9. The number of ether oxygens (including phenoxy) is 1. The van der Waals surface area contributed by atoms with Crippen LogP contribution < -0.4 is 5.73 Å². The number of benzene rings is 2. The van der Waals surface area contributed by atoms with Gasteiger partial charge in [0.2, 0.25) is 5.91 Å². The Hall–Kier alpha value is -1.88. The van der Waals surface area contributed by atoms with Gasteiger partial charge in [-0.05, 0) is 24.0 Å². The number of nitrogens with zero attached hydrogens (tertiary/aromatic N) is 1. The highest BCUT2D eigenvalue weighted by molar-refractivity contribution is 5.85. The molecule has 2 heterocycles. The summed E-state index contributed by atoms with van der Waals surface area (Å²) in [6.07, 6.45) is 1.66. The predicted molar refractivity (Wildman–Crippen MR) is 109 cm³/mol. The monoisotopic (exact) mass is 386 g/mol. The fourth-order valence-electron chi connectivity index (χ4n) is 4.30. The van der Waals surface area contributed by atoms with E-state index in [1.165, 1.54) is 5.56 Å². The number of hydrogen-bond donors (Lipinski definition) is 1. The Morgan fingerprint density at radius 2 is 1.59 bits per heavy atom. The molecule has 2 N–H and O–H groups in total. The van der Waals surface area contributed by atoms with Crippen LogP contribution in [0.1, 0.15) is 36.0 Å². The van der Waals surface area contributed by atoms with Gasteiger partial charge in [0.25, 0.3) is 0 Å². The van der Waals surface area contributed by atoms with Crippen LogP contribution >= 0.6 is 12.4 Å². The number of hydrogen-bond acceptors (Lipinski definition) is 3. The summed E-state index contributed by atoms with van der Waals surface area (Å²) < 4.78 is 6.02. The van der Waals surface area contributed by atoms with E-state index < -0.39 is 0 Å². The summed E-state index contributed by atoms with van der Waals surface area (Å²) in [5.74, 6) is 0.278. The molecule has 4 nitrogen and oxygen atoms in total. The highest BCUT2D eigenvalue weighted by atomic mass is 35.5. The van der Waals surface area contributed by atoms with Crippen molar-refractivity contribution in [2.75, 3.05) is 19.7 Å². The minimum atomic E-state index is -0.149. The van der Waals surface area contributed by atoms with Crippen molar-refractivity contribution in [3.63, 3.8) is 0 Å². The molecule has 5 heteroatoms. The summed E-state index contributed by atoms with van der Waals surface area (Å²) in [6, 6.07) is 20.4. The van der Waals surface area contributed by atoms with Crippen LogP contribution in [-0.2, 0) is 9.53 Å². The topological polar surface area (TPSA) is 55.6 Å². The number of carbonyl (C=O) groups is 1. The van der Waals surface area contributed by atoms with Crippen molar-refractivity contribution in [1.29, 1.82) is 0 Å². The Labute approximate surface area is 167 Å². The van der Waals surface area contributed by atoms with E-state index in [1.54, 1.807) is 0 Å². The molecule has 2 aromatic rings. The maximum atomic E-state index is 13.3. The lowest BCUT2D eigenvalue weighted by Gasteiger charge is -2.33. The van der Waals surface area contributed by atoms with Crippen LogP contribution in [0.5, 0.6) is 0 Å². The van der Waals surface area contributed by atoms with Gasteiger partial charge in [-0.1, -0.05) is 60.7 Å². The van der Waals surface area contributed by atoms with E-state index in [9.17, 15) is 4.79 Å². The highest BCUT2D eigenvalue weighted by Gasteiger charge is 2.40. The first-order valence-corrected chi connectivity index (χ1v) is 9.50. The van der Waals surface area contributed by atoms with Gasteiger partial charge in [-0.2, -0.15) is 0 Å². The average molecular weight is 387 g/mol. The smallest absolute Gasteiger partial charge is 0.228 e. The Morgan fingerprint density at radius 3 is 2.26 bits per heavy atom. The van der Waals surface area contributed by atoms with Crippen LogP contribution in [0.2, 0.25) is 0 Å². The molecule has 1 amide bonds. The normalized spacial score (nSPS) is 27.8. The molecule has 27 heavy (non-hydrogen) atoms. The fourth-order valence-corrected chi connectivity index (χ4v) is 4.30. The maximum absolute atomic E-state index is 13.3. The van der Waals surface area contributed by atoms with Crippen LogP contribution in [0, 0.1) is 5.92 Å². The lowest BCUT2D eigenvalue weighted by atomic mass is 9.88. The minimum Gasteiger partial charge on any atom is -0.373 e. The lowest BCUT2D eigenvalue weighted by molar-refractivity contribution is -0.144. The standard InChI is InChI=1S/C22H26N2O2.ClH/c23-20-15-24(14-19(20)16-8-3-1-4-9-16)22(25)18-12-7-13-26-21(18)17-10-5-2-6-11-17;/h1-6,8-11,18-21H,7,12-15,23H2;1H/t18?,19-,20+,21?;/m0./s1. The number of rotatable bonds is 3. The van der Waals surface area contributed by atoms with Crippen LogP contribution in [0.25, 0.3) is 0 Å². The Kier molecular flexibility index (Phi) is 6.53. The average Bonchev–Trinajstić information content (AvgIpc) is 3.10. The van der Waals surface area contributed by atoms with Gasteiger partial charge in [-0.3, -0.25) is 4.79 Å². The number of likely N-dealkylation sites (tertiary alicyclic amines) is 1. The molecule has 0 aromatic heterocycles. The first-order valence-electron chi connectivity index (χ1n) is 9.50. The van der Waals surface area contributed by atoms with Crippen LogP contribution in [0.4, 0.5) is 0 Å². The zero-order valence-electron chi connectivity index (χ0n) is 15.4. The largest absolute Gasteiger partial charge is 0.373 e.